The first-order chi connectivity index (χ1) is 13.7. The first kappa shape index (κ1) is 21.1. The normalized spacial score (nSPS) is 16.7. The number of carbonyl (C=O) groups excluding carboxylic acids is 1. The molecule has 29 heavy (non-hydrogen) atoms. The average Bonchev–Trinajstić information content (AvgIpc) is 2.99. The summed E-state index contributed by atoms with van der Waals surface area (Å²) in [6.45, 7) is 6.44. The minimum Gasteiger partial charge on any atom is -0.462 e. The maximum atomic E-state index is 13.8. The van der Waals surface area contributed by atoms with Gasteiger partial charge in [-0.05, 0) is 24.8 Å². The van der Waals surface area contributed by atoms with Gasteiger partial charge in [-0.25, -0.2) is 13.6 Å². The molecule has 158 valence electrons. The highest BCUT2D eigenvalue weighted by Gasteiger charge is 2.34. The molecule has 0 unspecified atom stereocenters. The van der Waals surface area contributed by atoms with Crippen molar-refractivity contribution >= 4 is 11.8 Å². The van der Waals surface area contributed by atoms with Gasteiger partial charge in [0.15, 0.2) is 5.82 Å². The number of alkyl halides is 2. The van der Waals surface area contributed by atoms with Gasteiger partial charge >= 0.3 is 5.97 Å². The van der Waals surface area contributed by atoms with Crippen molar-refractivity contribution in [2.24, 2.45) is 13.0 Å². The highest BCUT2D eigenvalue weighted by atomic mass is 19.3. The molecule has 9 heteroatoms. The Hall–Kier alpha value is -2.58. The van der Waals surface area contributed by atoms with E-state index in [1.807, 2.05) is 13.8 Å². The molecule has 7 nitrogen and oxygen atoms in total. The molecule has 0 spiro atoms. The van der Waals surface area contributed by atoms with E-state index in [2.05, 4.69) is 15.3 Å². The van der Waals surface area contributed by atoms with Gasteiger partial charge in [0.05, 0.1) is 12.8 Å². The Balaban J connectivity index is 2.02. The van der Waals surface area contributed by atoms with E-state index in [-0.39, 0.29) is 37.5 Å². The Bertz CT molecular complexity index is 882. The monoisotopic (exact) mass is 407 g/mol. The summed E-state index contributed by atoms with van der Waals surface area (Å²) >= 11 is 0. The van der Waals surface area contributed by atoms with Crippen LogP contribution in [-0.2, 0) is 11.8 Å². The fourth-order valence-electron chi connectivity index (χ4n) is 3.38. The summed E-state index contributed by atoms with van der Waals surface area (Å²) in [5.74, 6) is -2.73. The van der Waals surface area contributed by atoms with Crippen LogP contribution >= 0.6 is 0 Å². The molecule has 0 saturated carbocycles. The average molecular weight is 407 g/mol. The number of aromatic nitrogens is 4. The number of carbonyl (C=O) groups is 1. The molecule has 0 atom stereocenters. The van der Waals surface area contributed by atoms with Gasteiger partial charge < -0.3 is 9.64 Å². The second-order valence-electron chi connectivity index (χ2n) is 7.96. The van der Waals surface area contributed by atoms with E-state index in [4.69, 9.17) is 4.74 Å². The molecule has 1 aliphatic rings. The second kappa shape index (κ2) is 8.42. The number of anilines is 1. The lowest BCUT2D eigenvalue weighted by Crippen LogP contribution is -2.30. The third-order valence-electron chi connectivity index (χ3n) is 4.95. The molecule has 3 rings (SSSR count). The van der Waals surface area contributed by atoms with Gasteiger partial charge in [0.1, 0.15) is 11.3 Å². The number of hydrogen-bond donors (Lipinski definition) is 0. The van der Waals surface area contributed by atoms with Crippen molar-refractivity contribution in [3.63, 3.8) is 0 Å². The molecular weight excluding hydrogens is 380 g/mol. The van der Waals surface area contributed by atoms with E-state index in [1.165, 1.54) is 0 Å². The summed E-state index contributed by atoms with van der Waals surface area (Å²) in [5, 5.41) is 12.7. The predicted octanol–water partition coefficient (Wildman–Crippen LogP) is 3.62. The van der Waals surface area contributed by atoms with Crippen LogP contribution in [0.2, 0.25) is 0 Å². The van der Waals surface area contributed by atoms with E-state index in [0.29, 0.717) is 30.0 Å². The van der Waals surface area contributed by atoms with Gasteiger partial charge in [0, 0.05) is 44.7 Å². The summed E-state index contributed by atoms with van der Waals surface area (Å²) in [4.78, 5) is 14.7. The quantitative estimate of drug-likeness (QED) is 0.705. The lowest BCUT2D eigenvalue weighted by Gasteiger charge is -2.24. The van der Waals surface area contributed by atoms with Crippen LogP contribution in [0.15, 0.2) is 12.4 Å². The third-order valence-corrected chi connectivity index (χ3v) is 4.95. The number of hydrogen-bond acceptors (Lipinski definition) is 6. The summed E-state index contributed by atoms with van der Waals surface area (Å²) in [6.07, 6.45) is 3.30. The van der Waals surface area contributed by atoms with Crippen molar-refractivity contribution in [3.05, 3.63) is 23.5 Å². The Kier molecular flexibility index (Phi) is 6.14. The lowest BCUT2D eigenvalue weighted by atomic mass is 10.0. The van der Waals surface area contributed by atoms with Gasteiger partial charge in [-0.15, -0.1) is 10.2 Å². The Morgan fingerprint density at radius 3 is 2.69 bits per heavy atom. The third kappa shape index (κ3) is 4.89. The zero-order valence-corrected chi connectivity index (χ0v) is 17.3. The minimum atomic E-state index is -2.70. The summed E-state index contributed by atoms with van der Waals surface area (Å²) in [7, 11) is 1.79. The maximum Gasteiger partial charge on any atom is 0.342 e. The van der Waals surface area contributed by atoms with Crippen molar-refractivity contribution in [3.8, 4) is 11.3 Å². The first-order valence-corrected chi connectivity index (χ1v) is 9.84. The van der Waals surface area contributed by atoms with Crippen LogP contribution in [0, 0.1) is 12.8 Å². The molecular formula is C20H27F2N5O2. The second-order valence-corrected chi connectivity index (χ2v) is 7.96. The Morgan fingerprint density at radius 1 is 1.28 bits per heavy atom. The maximum absolute atomic E-state index is 13.8. The smallest absolute Gasteiger partial charge is 0.342 e. The number of ether oxygens (including phenoxy) is 1. The largest absolute Gasteiger partial charge is 0.462 e. The summed E-state index contributed by atoms with van der Waals surface area (Å²) in [6, 6.07) is 0. The van der Waals surface area contributed by atoms with Gasteiger partial charge in [-0.3, -0.25) is 4.68 Å². The molecule has 1 fully saturated rings. The van der Waals surface area contributed by atoms with Crippen LogP contribution in [-0.4, -0.2) is 51.6 Å². The molecule has 1 aliphatic heterocycles. The van der Waals surface area contributed by atoms with E-state index >= 15 is 0 Å². The van der Waals surface area contributed by atoms with Crippen LogP contribution in [0.25, 0.3) is 11.3 Å². The number of esters is 1. The number of rotatable bonds is 5. The number of halogens is 2. The molecule has 0 radical (unpaired) electrons. The van der Waals surface area contributed by atoms with Crippen molar-refractivity contribution in [1.82, 2.24) is 20.0 Å². The Labute approximate surface area is 169 Å². The van der Waals surface area contributed by atoms with Crippen molar-refractivity contribution in [2.45, 2.75) is 46.0 Å². The molecule has 0 aromatic carbocycles. The highest BCUT2D eigenvalue weighted by molar-refractivity contribution is 5.98. The first-order valence-electron chi connectivity index (χ1n) is 9.84. The van der Waals surface area contributed by atoms with Crippen LogP contribution in [0.5, 0.6) is 0 Å². The van der Waals surface area contributed by atoms with Crippen LogP contribution in [0.1, 0.15) is 49.0 Å². The van der Waals surface area contributed by atoms with E-state index < -0.39 is 11.9 Å². The van der Waals surface area contributed by atoms with Crippen LogP contribution in [0.4, 0.5) is 14.6 Å². The molecule has 3 heterocycles. The van der Waals surface area contributed by atoms with Crippen molar-refractivity contribution in [1.29, 1.82) is 0 Å². The molecule has 2 aromatic rings. The van der Waals surface area contributed by atoms with Gasteiger partial charge in [-0.2, -0.15) is 5.10 Å². The fourth-order valence-corrected chi connectivity index (χ4v) is 3.38. The molecule has 2 aromatic heterocycles. The fraction of sp³-hybridized carbons (Fsp3) is 0.600. The molecule has 0 bridgehead atoms. The highest BCUT2D eigenvalue weighted by Crippen LogP contribution is 2.33. The van der Waals surface area contributed by atoms with Crippen LogP contribution in [0.3, 0.4) is 0 Å². The van der Waals surface area contributed by atoms with Gasteiger partial charge in [0.25, 0.3) is 0 Å². The summed E-state index contributed by atoms with van der Waals surface area (Å²) in [5.41, 5.74) is 2.14. The number of nitrogens with zero attached hydrogens (tertiary/aromatic N) is 5. The van der Waals surface area contributed by atoms with Crippen molar-refractivity contribution < 1.29 is 18.3 Å². The predicted molar refractivity (Wildman–Crippen MR) is 105 cm³/mol. The van der Waals surface area contributed by atoms with Crippen molar-refractivity contribution in [2.75, 3.05) is 24.6 Å². The lowest BCUT2D eigenvalue weighted by molar-refractivity contribution is -0.0102. The minimum absolute atomic E-state index is 0.109. The zero-order chi connectivity index (χ0) is 21.2. The molecule has 0 amide bonds. The van der Waals surface area contributed by atoms with E-state index in [1.54, 1.807) is 35.9 Å². The molecule has 0 N–H and O–H groups in total. The SMILES string of the molecule is Cc1c(-c2cnn(C)c2)nnc(N2CCCC(F)(F)CC2)c1C(=O)OCC(C)C. The molecule has 0 aliphatic carbocycles. The van der Waals surface area contributed by atoms with E-state index in [0.717, 1.165) is 5.56 Å². The summed E-state index contributed by atoms with van der Waals surface area (Å²) < 4.78 is 34.8. The van der Waals surface area contributed by atoms with E-state index in [9.17, 15) is 13.6 Å². The standard InChI is InChI=1S/C20H27F2N5O2/c1-13(2)12-29-19(28)16-14(3)17(15-10-23-26(4)11-15)24-25-18(16)27-8-5-6-20(21,22)7-9-27/h10-11,13H,5-9,12H2,1-4H3. The van der Waals surface area contributed by atoms with Crippen LogP contribution < -0.4 is 4.90 Å². The zero-order valence-electron chi connectivity index (χ0n) is 17.3. The number of aryl methyl sites for hydroxylation is 1. The van der Waals surface area contributed by atoms with Gasteiger partial charge in [0.2, 0.25) is 5.92 Å². The topological polar surface area (TPSA) is 73.1 Å². The van der Waals surface area contributed by atoms with Gasteiger partial charge in [-0.1, -0.05) is 13.8 Å². The molecule has 1 saturated heterocycles. The Morgan fingerprint density at radius 2 is 2.03 bits per heavy atom.